The minimum Gasteiger partial charge on any atom is -0.370 e. The summed E-state index contributed by atoms with van der Waals surface area (Å²) in [5.74, 6) is 1.58. The van der Waals surface area contributed by atoms with Crippen molar-refractivity contribution < 1.29 is 4.74 Å². The van der Waals surface area contributed by atoms with Crippen LogP contribution in [0.1, 0.15) is 31.1 Å². The van der Waals surface area contributed by atoms with Gasteiger partial charge in [-0.1, -0.05) is 38.1 Å². The van der Waals surface area contributed by atoms with Gasteiger partial charge in [0.25, 0.3) is 0 Å². The molecule has 1 N–H and O–H groups in total. The van der Waals surface area contributed by atoms with Gasteiger partial charge in [0, 0.05) is 20.1 Å². The first kappa shape index (κ1) is 19.2. The van der Waals surface area contributed by atoms with Crippen LogP contribution >= 0.6 is 24.0 Å². The molecule has 1 unspecified atom stereocenters. The summed E-state index contributed by atoms with van der Waals surface area (Å²) >= 11 is 0. The van der Waals surface area contributed by atoms with Crippen LogP contribution in [0.4, 0.5) is 0 Å². The van der Waals surface area contributed by atoms with Gasteiger partial charge in [-0.25, -0.2) is 0 Å². The largest absolute Gasteiger partial charge is 0.370 e. The third-order valence-corrected chi connectivity index (χ3v) is 3.78. The summed E-state index contributed by atoms with van der Waals surface area (Å²) < 4.78 is 5.97. The smallest absolute Gasteiger partial charge is 0.193 e. The van der Waals surface area contributed by atoms with E-state index >= 15 is 0 Å². The van der Waals surface area contributed by atoms with E-state index in [1.54, 1.807) is 0 Å². The SMILES string of the molecule is CN=C(NCC(C)C)N1CCOC(c2ccccc2C)C1.I. The predicted molar refractivity (Wildman–Crippen MR) is 103 cm³/mol. The fourth-order valence-electron chi connectivity index (χ4n) is 2.61. The molecule has 0 aliphatic carbocycles. The van der Waals surface area contributed by atoms with E-state index in [1.165, 1.54) is 11.1 Å². The number of hydrogen-bond donors (Lipinski definition) is 1. The quantitative estimate of drug-likeness (QED) is 0.466. The Morgan fingerprint density at radius 2 is 2.14 bits per heavy atom. The van der Waals surface area contributed by atoms with Crippen molar-refractivity contribution in [3.8, 4) is 0 Å². The summed E-state index contributed by atoms with van der Waals surface area (Å²) in [5, 5.41) is 3.45. The molecule has 1 atom stereocenters. The second-order valence-corrected chi connectivity index (χ2v) is 5.98. The highest BCUT2D eigenvalue weighted by atomic mass is 127. The van der Waals surface area contributed by atoms with E-state index in [0.29, 0.717) is 5.92 Å². The standard InChI is InChI=1S/C17H27N3O.HI/c1-13(2)11-19-17(18-4)20-9-10-21-16(12-20)15-8-6-5-7-14(15)3;/h5-8,13,16H,9-12H2,1-4H3,(H,18,19);1H. The van der Waals surface area contributed by atoms with Crippen LogP contribution < -0.4 is 5.32 Å². The predicted octanol–water partition coefficient (Wildman–Crippen LogP) is 3.22. The van der Waals surface area contributed by atoms with Crippen LogP contribution in [0.25, 0.3) is 0 Å². The lowest BCUT2D eigenvalue weighted by Crippen LogP contribution is -2.48. The third kappa shape index (κ3) is 5.12. The molecule has 1 aromatic carbocycles. The van der Waals surface area contributed by atoms with Gasteiger partial charge in [-0.3, -0.25) is 4.99 Å². The molecule has 2 rings (SSSR count). The molecule has 0 saturated carbocycles. The number of halogens is 1. The number of hydrogen-bond acceptors (Lipinski definition) is 2. The molecule has 5 heteroatoms. The number of aryl methyl sites for hydroxylation is 1. The maximum Gasteiger partial charge on any atom is 0.193 e. The van der Waals surface area contributed by atoms with Crippen molar-refractivity contribution in [2.45, 2.75) is 26.9 Å². The van der Waals surface area contributed by atoms with Crippen molar-refractivity contribution in [3.63, 3.8) is 0 Å². The number of rotatable bonds is 3. The van der Waals surface area contributed by atoms with Gasteiger partial charge < -0.3 is 15.0 Å². The Morgan fingerprint density at radius 3 is 2.77 bits per heavy atom. The number of ether oxygens (including phenoxy) is 1. The molecule has 1 aliphatic rings. The van der Waals surface area contributed by atoms with Gasteiger partial charge >= 0.3 is 0 Å². The van der Waals surface area contributed by atoms with E-state index in [2.05, 4.69) is 60.2 Å². The average molecular weight is 417 g/mol. The van der Waals surface area contributed by atoms with Crippen LogP contribution in [0.2, 0.25) is 0 Å². The van der Waals surface area contributed by atoms with E-state index in [1.807, 2.05) is 7.05 Å². The molecule has 0 aromatic heterocycles. The monoisotopic (exact) mass is 417 g/mol. The molecule has 0 bridgehead atoms. The van der Waals surface area contributed by atoms with Crippen LogP contribution in [0.15, 0.2) is 29.3 Å². The molecule has 1 fully saturated rings. The lowest BCUT2D eigenvalue weighted by Gasteiger charge is -2.36. The van der Waals surface area contributed by atoms with Gasteiger partial charge in [-0.05, 0) is 24.0 Å². The second-order valence-electron chi connectivity index (χ2n) is 5.98. The molecular weight excluding hydrogens is 389 g/mol. The van der Waals surface area contributed by atoms with Crippen molar-refractivity contribution in [1.82, 2.24) is 10.2 Å². The zero-order chi connectivity index (χ0) is 15.2. The molecular formula is C17H28IN3O. The Bertz CT molecular complexity index is 491. The Kier molecular flexibility index (Phi) is 8.17. The van der Waals surface area contributed by atoms with Gasteiger partial charge in [0.1, 0.15) is 6.10 Å². The van der Waals surface area contributed by atoms with Gasteiger partial charge in [0.15, 0.2) is 5.96 Å². The summed E-state index contributed by atoms with van der Waals surface area (Å²) in [6.45, 7) is 9.97. The van der Waals surface area contributed by atoms with E-state index in [4.69, 9.17) is 4.74 Å². The minimum atomic E-state index is 0. The first-order valence-corrected chi connectivity index (χ1v) is 7.74. The molecule has 0 amide bonds. The Morgan fingerprint density at radius 1 is 1.41 bits per heavy atom. The van der Waals surface area contributed by atoms with Crippen LogP contribution in [0.3, 0.4) is 0 Å². The fourth-order valence-corrected chi connectivity index (χ4v) is 2.61. The van der Waals surface area contributed by atoms with Crippen molar-refractivity contribution in [2.24, 2.45) is 10.9 Å². The Labute approximate surface area is 151 Å². The second kappa shape index (κ2) is 9.35. The molecule has 1 aliphatic heterocycles. The van der Waals surface area contributed by atoms with Crippen LogP contribution in [-0.2, 0) is 4.74 Å². The highest BCUT2D eigenvalue weighted by Gasteiger charge is 2.24. The number of benzene rings is 1. The van der Waals surface area contributed by atoms with Crippen molar-refractivity contribution in [3.05, 3.63) is 35.4 Å². The van der Waals surface area contributed by atoms with Crippen molar-refractivity contribution >= 4 is 29.9 Å². The van der Waals surface area contributed by atoms with Gasteiger partial charge in [0.05, 0.1) is 13.2 Å². The van der Waals surface area contributed by atoms with Gasteiger partial charge in [0.2, 0.25) is 0 Å². The van der Waals surface area contributed by atoms with E-state index in [9.17, 15) is 0 Å². The van der Waals surface area contributed by atoms with Crippen LogP contribution in [0, 0.1) is 12.8 Å². The van der Waals surface area contributed by atoms with E-state index in [0.717, 1.165) is 32.2 Å². The summed E-state index contributed by atoms with van der Waals surface area (Å²) in [7, 11) is 1.85. The number of aliphatic imine (C=N–C) groups is 1. The summed E-state index contributed by atoms with van der Waals surface area (Å²) in [5.41, 5.74) is 2.57. The number of guanidine groups is 1. The van der Waals surface area contributed by atoms with Gasteiger partial charge in [-0.15, -0.1) is 24.0 Å². The molecule has 1 aromatic rings. The lowest BCUT2D eigenvalue weighted by molar-refractivity contribution is -0.00834. The average Bonchev–Trinajstić information content (AvgIpc) is 2.48. The summed E-state index contributed by atoms with van der Waals surface area (Å²) in [6, 6.07) is 8.45. The van der Waals surface area contributed by atoms with Crippen LogP contribution in [0.5, 0.6) is 0 Å². The maximum atomic E-state index is 5.97. The molecule has 124 valence electrons. The Balaban J connectivity index is 0.00000242. The van der Waals surface area contributed by atoms with Crippen LogP contribution in [-0.4, -0.2) is 44.1 Å². The molecule has 4 nitrogen and oxygen atoms in total. The van der Waals surface area contributed by atoms with E-state index in [-0.39, 0.29) is 30.1 Å². The maximum absolute atomic E-state index is 5.97. The first-order valence-electron chi connectivity index (χ1n) is 7.74. The number of nitrogens with zero attached hydrogens (tertiary/aromatic N) is 2. The molecule has 1 saturated heterocycles. The normalized spacial score (nSPS) is 19.0. The van der Waals surface area contributed by atoms with E-state index < -0.39 is 0 Å². The zero-order valence-electron chi connectivity index (χ0n) is 14.0. The highest BCUT2D eigenvalue weighted by Crippen LogP contribution is 2.24. The third-order valence-electron chi connectivity index (χ3n) is 3.78. The molecule has 1 heterocycles. The number of morpholine rings is 1. The van der Waals surface area contributed by atoms with Crippen molar-refractivity contribution in [1.29, 1.82) is 0 Å². The summed E-state index contributed by atoms with van der Waals surface area (Å²) in [4.78, 5) is 6.70. The Hall–Kier alpha value is -0.820. The zero-order valence-corrected chi connectivity index (χ0v) is 16.3. The summed E-state index contributed by atoms with van der Waals surface area (Å²) in [6.07, 6.45) is 0.123. The van der Waals surface area contributed by atoms with Crippen molar-refractivity contribution in [2.75, 3.05) is 33.3 Å². The fraction of sp³-hybridized carbons (Fsp3) is 0.588. The highest BCUT2D eigenvalue weighted by molar-refractivity contribution is 14.0. The lowest BCUT2D eigenvalue weighted by atomic mass is 10.0. The molecule has 0 radical (unpaired) electrons. The number of nitrogens with one attached hydrogen (secondary N) is 1. The van der Waals surface area contributed by atoms with Gasteiger partial charge in [-0.2, -0.15) is 0 Å². The molecule has 0 spiro atoms. The minimum absolute atomic E-state index is 0. The topological polar surface area (TPSA) is 36.9 Å². The first-order chi connectivity index (χ1) is 10.1. The molecule has 22 heavy (non-hydrogen) atoms.